The van der Waals surface area contributed by atoms with E-state index in [-0.39, 0.29) is 17.1 Å². The number of benzene rings is 1. The van der Waals surface area contributed by atoms with Crippen LogP contribution in [0.15, 0.2) is 30.3 Å². The second-order valence-electron chi connectivity index (χ2n) is 10.2. The molecule has 0 aromatic heterocycles. The lowest BCUT2D eigenvalue weighted by Crippen LogP contribution is -2.56. The van der Waals surface area contributed by atoms with E-state index in [0.717, 1.165) is 32.2 Å². The number of carbonyl (C=O) groups excluding carboxylic acids is 1. The lowest BCUT2D eigenvalue weighted by molar-refractivity contribution is 0.0160. The summed E-state index contributed by atoms with van der Waals surface area (Å²) in [5, 5.41) is -0.506. The zero-order valence-corrected chi connectivity index (χ0v) is 20.0. The van der Waals surface area contributed by atoms with Gasteiger partial charge >= 0.3 is 6.03 Å². The van der Waals surface area contributed by atoms with Gasteiger partial charge in [-0.05, 0) is 71.0 Å². The van der Waals surface area contributed by atoms with Crippen LogP contribution in [0.5, 0.6) is 0 Å². The molecule has 172 valence electrons. The standard InChI is InChI=1S/C24H37N3O3S/c1-19(31(29)30)16-26-18-23(27(22(26)28)17-20-8-7-9-20)12-14-24(15-13-23,25(2)3)21-10-5-4-6-11-21/h4-6,10-11,19-20,31H,7-9,12-18H2,1-3H3. The number of hydrogen-bond acceptors (Lipinski definition) is 4. The summed E-state index contributed by atoms with van der Waals surface area (Å²) in [6.07, 6.45) is 7.56. The first-order valence-electron chi connectivity index (χ1n) is 11.7. The summed E-state index contributed by atoms with van der Waals surface area (Å²) < 4.78 is 22.9. The van der Waals surface area contributed by atoms with Gasteiger partial charge in [0.1, 0.15) is 10.7 Å². The maximum Gasteiger partial charge on any atom is 0.320 e. The van der Waals surface area contributed by atoms with Gasteiger partial charge in [-0.2, -0.15) is 0 Å². The number of amides is 2. The van der Waals surface area contributed by atoms with Crippen LogP contribution in [0, 0.1) is 5.92 Å². The Hall–Kier alpha value is -1.60. The van der Waals surface area contributed by atoms with Crippen molar-refractivity contribution in [1.82, 2.24) is 14.7 Å². The van der Waals surface area contributed by atoms with Crippen LogP contribution in [0.2, 0.25) is 0 Å². The van der Waals surface area contributed by atoms with Crippen molar-refractivity contribution in [1.29, 1.82) is 0 Å². The van der Waals surface area contributed by atoms with Crippen molar-refractivity contribution in [2.45, 2.75) is 68.2 Å². The second kappa shape index (κ2) is 8.74. The molecule has 1 atom stereocenters. The van der Waals surface area contributed by atoms with E-state index in [4.69, 9.17) is 0 Å². The number of carbonyl (C=O) groups is 1. The van der Waals surface area contributed by atoms with Crippen molar-refractivity contribution in [3.63, 3.8) is 0 Å². The van der Waals surface area contributed by atoms with Crippen LogP contribution in [0.3, 0.4) is 0 Å². The Morgan fingerprint density at radius 1 is 1.10 bits per heavy atom. The van der Waals surface area contributed by atoms with Gasteiger partial charge in [0.25, 0.3) is 0 Å². The Morgan fingerprint density at radius 3 is 2.26 bits per heavy atom. The Bertz CT molecular complexity index is 850. The van der Waals surface area contributed by atoms with Crippen LogP contribution in [-0.2, 0) is 16.2 Å². The predicted molar refractivity (Wildman–Crippen MR) is 124 cm³/mol. The lowest BCUT2D eigenvalue weighted by Gasteiger charge is -2.51. The molecule has 6 nitrogen and oxygen atoms in total. The smallest absolute Gasteiger partial charge is 0.320 e. The van der Waals surface area contributed by atoms with Crippen molar-refractivity contribution < 1.29 is 13.2 Å². The molecule has 31 heavy (non-hydrogen) atoms. The highest BCUT2D eigenvalue weighted by Gasteiger charge is 2.55. The molecule has 2 amide bonds. The minimum atomic E-state index is -2.52. The number of urea groups is 1. The van der Waals surface area contributed by atoms with E-state index in [1.807, 2.05) is 4.90 Å². The lowest BCUT2D eigenvalue weighted by atomic mass is 9.68. The molecule has 2 saturated carbocycles. The van der Waals surface area contributed by atoms with Crippen molar-refractivity contribution in [2.24, 2.45) is 5.92 Å². The summed E-state index contributed by atoms with van der Waals surface area (Å²) in [6.45, 7) is 3.49. The molecule has 3 fully saturated rings. The fraction of sp³-hybridized carbons (Fsp3) is 0.708. The van der Waals surface area contributed by atoms with Gasteiger partial charge in [0.05, 0.1) is 10.8 Å². The van der Waals surface area contributed by atoms with Gasteiger partial charge in [0.15, 0.2) is 0 Å². The van der Waals surface area contributed by atoms with E-state index < -0.39 is 16.0 Å². The number of rotatable bonds is 7. The van der Waals surface area contributed by atoms with Crippen LogP contribution in [0.1, 0.15) is 57.4 Å². The van der Waals surface area contributed by atoms with Crippen molar-refractivity contribution in [3.8, 4) is 0 Å². The summed E-state index contributed by atoms with van der Waals surface area (Å²) >= 11 is 0. The molecule has 1 unspecified atom stereocenters. The first kappa shape index (κ1) is 22.6. The Balaban J connectivity index is 1.58. The maximum atomic E-state index is 13.4. The third-order valence-electron chi connectivity index (χ3n) is 8.24. The molecule has 1 aliphatic heterocycles. The van der Waals surface area contributed by atoms with Crippen LogP contribution in [0.25, 0.3) is 0 Å². The van der Waals surface area contributed by atoms with Crippen LogP contribution >= 0.6 is 0 Å². The summed E-state index contributed by atoms with van der Waals surface area (Å²) in [4.78, 5) is 19.7. The predicted octanol–water partition coefficient (Wildman–Crippen LogP) is 3.29. The van der Waals surface area contributed by atoms with Crippen LogP contribution in [0.4, 0.5) is 4.79 Å². The first-order valence-corrected chi connectivity index (χ1v) is 13.0. The highest BCUT2D eigenvalue weighted by Crippen LogP contribution is 2.49. The van der Waals surface area contributed by atoms with Crippen LogP contribution in [-0.4, -0.2) is 73.7 Å². The van der Waals surface area contributed by atoms with Gasteiger partial charge in [-0.1, -0.05) is 36.8 Å². The average Bonchev–Trinajstić information content (AvgIpc) is 2.96. The summed E-state index contributed by atoms with van der Waals surface area (Å²) in [5.74, 6) is 0.601. The molecule has 2 aliphatic carbocycles. The minimum absolute atomic E-state index is 0.0171. The van der Waals surface area contributed by atoms with E-state index in [9.17, 15) is 13.2 Å². The maximum absolute atomic E-state index is 13.4. The number of nitrogens with zero attached hydrogens (tertiary/aromatic N) is 3. The fourth-order valence-electron chi connectivity index (χ4n) is 5.91. The zero-order chi connectivity index (χ0) is 22.2. The molecular formula is C24H37N3O3S. The summed E-state index contributed by atoms with van der Waals surface area (Å²) in [5.41, 5.74) is 1.16. The average molecular weight is 448 g/mol. The molecule has 3 aliphatic rings. The molecule has 1 aromatic rings. The van der Waals surface area contributed by atoms with Gasteiger partial charge < -0.3 is 9.80 Å². The van der Waals surface area contributed by atoms with Gasteiger partial charge in [0.2, 0.25) is 0 Å². The van der Waals surface area contributed by atoms with E-state index in [2.05, 4.69) is 54.2 Å². The van der Waals surface area contributed by atoms with Crippen molar-refractivity contribution >= 4 is 16.7 Å². The third kappa shape index (κ3) is 4.11. The van der Waals surface area contributed by atoms with Crippen molar-refractivity contribution in [3.05, 3.63) is 35.9 Å². The Morgan fingerprint density at radius 2 is 1.74 bits per heavy atom. The largest absolute Gasteiger partial charge is 0.321 e. The minimum Gasteiger partial charge on any atom is -0.321 e. The number of thiol groups is 1. The highest BCUT2D eigenvalue weighted by atomic mass is 32.2. The first-order chi connectivity index (χ1) is 14.8. The Labute approximate surface area is 188 Å². The molecule has 7 heteroatoms. The third-order valence-corrected chi connectivity index (χ3v) is 9.13. The van der Waals surface area contributed by atoms with Crippen LogP contribution < -0.4 is 0 Å². The topological polar surface area (TPSA) is 60.9 Å². The van der Waals surface area contributed by atoms with E-state index >= 15 is 0 Å². The molecule has 0 N–H and O–H groups in total. The summed E-state index contributed by atoms with van der Waals surface area (Å²) in [6, 6.07) is 10.8. The molecular weight excluding hydrogens is 410 g/mol. The SMILES string of the molecule is CC(CN1CC2(CCC(c3ccccc3)(N(C)C)CC2)N(CC2CCC2)C1=O)[SH](=O)=O. The van der Waals surface area contributed by atoms with E-state index in [0.29, 0.717) is 19.0 Å². The van der Waals surface area contributed by atoms with Crippen molar-refractivity contribution in [2.75, 3.05) is 33.7 Å². The normalized spacial score (nSPS) is 30.4. The molecule has 1 heterocycles. The van der Waals surface area contributed by atoms with E-state index in [1.165, 1.54) is 24.8 Å². The van der Waals surface area contributed by atoms with Gasteiger partial charge in [0, 0.05) is 25.2 Å². The van der Waals surface area contributed by atoms with Gasteiger partial charge in [-0.15, -0.1) is 0 Å². The number of hydrogen-bond donors (Lipinski definition) is 1. The highest BCUT2D eigenvalue weighted by molar-refractivity contribution is 7.73. The molecule has 1 saturated heterocycles. The Kier molecular flexibility index (Phi) is 6.37. The van der Waals surface area contributed by atoms with E-state index in [1.54, 1.807) is 6.92 Å². The second-order valence-corrected chi connectivity index (χ2v) is 11.7. The van der Waals surface area contributed by atoms with Gasteiger partial charge in [-0.25, -0.2) is 13.2 Å². The molecule has 0 radical (unpaired) electrons. The molecule has 4 rings (SSSR count). The summed E-state index contributed by atoms with van der Waals surface area (Å²) in [7, 11) is 1.80. The molecule has 1 aromatic carbocycles. The molecule has 0 bridgehead atoms. The zero-order valence-electron chi connectivity index (χ0n) is 19.1. The van der Waals surface area contributed by atoms with Gasteiger partial charge in [-0.3, -0.25) is 4.90 Å². The molecule has 1 spiro atoms. The quantitative estimate of drug-likeness (QED) is 0.652. The fourth-order valence-corrected chi connectivity index (χ4v) is 6.25. The monoisotopic (exact) mass is 447 g/mol.